The number of halogens is 3. The molecule has 0 aliphatic rings. The van der Waals surface area contributed by atoms with Crippen LogP contribution in [-0.2, 0) is 14.4 Å². The van der Waals surface area contributed by atoms with Crippen molar-refractivity contribution in [2.24, 2.45) is 11.7 Å². The van der Waals surface area contributed by atoms with E-state index in [0.29, 0.717) is 6.42 Å². The number of carboxylic acid groups (broad SMARTS) is 1. The fourth-order valence-electron chi connectivity index (χ4n) is 1.76. The highest BCUT2D eigenvalue weighted by atomic mass is 19.4. The molecule has 0 aliphatic heterocycles. The maximum absolute atomic E-state index is 12.3. The van der Waals surface area contributed by atoms with Gasteiger partial charge in [-0.05, 0) is 18.8 Å². The van der Waals surface area contributed by atoms with E-state index >= 15 is 0 Å². The molecule has 0 saturated carbocycles. The number of aliphatic hydroxyl groups excluding tert-OH is 1. The summed E-state index contributed by atoms with van der Waals surface area (Å²) in [6, 6.07) is -3.08. The fraction of sp³-hybridized carbons (Fsp3) is 0.769. The van der Waals surface area contributed by atoms with E-state index in [1.165, 1.54) is 5.32 Å². The molecule has 0 saturated heterocycles. The average molecular weight is 342 g/mol. The van der Waals surface area contributed by atoms with Gasteiger partial charge >= 0.3 is 18.1 Å². The van der Waals surface area contributed by atoms with Crippen LogP contribution in [0.15, 0.2) is 0 Å². The molecule has 0 fully saturated rings. The van der Waals surface area contributed by atoms with E-state index < -0.39 is 48.4 Å². The normalized spacial score (nSPS) is 15.8. The Morgan fingerprint density at radius 3 is 2.09 bits per heavy atom. The van der Waals surface area contributed by atoms with Gasteiger partial charge in [-0.1, -0.05) is 13.8 Å². The number of carbonyl (C=O) groups excluding carboxylic acids is 2. The Balaban J connectivity index is 5.06. The van der Waals surface area contributed by atoms with Crippen molar-refractivity contribution in [1.82, 2.24) is 5.32 Å². The molecule has 0 rings (SSSR count). The lowest BCUT2D eigenvalue weighted by atomic mass is 9.94. The predicted molar refractivity (Wildman–Crippen MR) is 73.3 cm³/mol. The highest BCUT2D eigenvalue weighted by Crippen LogP contribution is 2.17. The summed E-state index contributed by atoms with van der Waals surface area (Å²) in [5.41, 5.74) is 5.34. The number of hydrogen-bond acceptors (Lipinski definition) is 5. The molecule has 0 spiro atoms. The molecular weight excluding hydrogens is 321 g/mol. The van der Waals surface area contributed by atoms with Gasteiger partial charge in [0.2, 0.25) is 0 Å². The van der Waals surface area contributed by atoms with Crippen molar-refractivity contribution in [3.8, 4) is 0 Å². The van der Waals surface area contributed by atoms with Crippen molar-refractivity contribution in [2.75, 3.05) is 0 Å². The molecule has 0 aromatic rings. The molecular formula is C13H21F3N2O5. The zero-order valence-corrected chi connectivity index (χ0v) is 12.8. The van der Waals surface area contributed by atoms with Crippen LogP contribution in [0.1, 0.15) is 33.1 Å². The first-order valence-electron chi connectivity index (χ1n) is 6.93. The van der Waals surface area contributed by atoms with Crippen LogP contribution >= 0.6 is 0 Å². The fourth-order valence-corrected chi connectivity index (χ4v) is 1.76. The molecule has 2 unspecified atom stereocenters. The summed E-state index contributed by atoms with van der Waals surface area (Å²) in [6.45, 7) is 3.53. The minimum atomic E-state index is -5.18. The first kappa shape index (κ1) is 21.3. The van der Waals surface area contributed by atoms with Gasteiger partial charge in [0.25, 0.3) is 0 Å². The molecule has 0 heterocycles. The second kappa shape index (κ2) is 8.82. The van der Waals surface area contributed by atoms with Gasteiger partial charge in [0.15, 0.2) is 5.78 Å². The van der Waals surface area contributed by atoms with Gasteiger partial charge in [-0.25, -0.2) is 0 Å². The van der Waals surface area contributed by atoms with Gasteiger partial charge in [0, 0.05) is 6.04 Å². The standard InChI is InChI=1S/C13H21F3N2O5/c1-6(2)3-4-8(18-12(23)13(14,15)16)11(22)10(21)7(17)5-9(19)20/h6-8,10,21H,3-5,17H2,1-2H3,(H,18,23)(H,19,20)/t7-,8?,10?/m0/s1. The third kappa shape index (κ3) is 7.93. The van der Waals surface area contributed by atoms with Crippen molar-refractivity contribution in [1.29, 1.82) is 0 Å². The second-order valence-corrected chi connectivity index (χ2v) is 5.60. The van der Waals surface area contributed by atoms with Crippen LogP contribution < -0.4 is 11.1 Å². The monoisotopic (exact) mass is 342 g/mol. The number of ketones is 1. The molecule has 0 radical (unpaired) electrons. The topological polar surface area (TPSA) is 130 Å². The van der Waals surface area contributed by atoms with Crippen LogP contribution in [0.5, 0.6) is 0 Å². The number of nitrogens with two attached hydrogens (primary N) is 1. The van der Waals surface area contributed by atoms with Crippen molar-refractivity contribution in [2.45, 2.75) is 57.5 Å². The molecule has 3 atom stereocenters. The van der Waals surface area contributed by atoms with Crippen molar-refractivity contribution in [3.05, 3.63) is 0 Å². The molecule has 0 bridgehead atoms. The van der Waals surface area contributed by atoms with Gasteiger partial charge < -0.3 is 21.3 Å². The lowest BCUT2D eigenvalue weighted by molar-refractivity contribution is -0.175. The summed E-state index contributed by atoms with van der Waals surface area (Å²) in [4.78, 5) is 33.5. The Bertz CT molecular complexity index is 440. The Hall–Kier alpha value is -1.68. The third-order valence-corrected chi connectivity index (χ3v) is 3.05. The first-order valence-corrected chi connectivity index (χ1v) is 6.93. The van der Waals surface area contributed by atoms with E-state index in [4.69, 9.17) is 10.8 Å². The van der Waals surface area contributed by atoms with Gasteiger partial charge in [0.1, 0.15) is 6.10 Å². The number of alkyl halides is 3. The van der Waals surface area contributed by atoms with E-state index in [1.54, 1.807) is 13.8 Å². The number of aliphatic carboxylic acids is 1. The lowest BCUT2D eigenvalue weighted by Crippen LogP contribution is -2.53. The molecule has 10 heteroatoms. The largest absolute Gasteiger partial charge is 0.481 e. The number of rotatable bonds is 9. The van der Waals surface area contributed by atoms with E-state index in [1.807, 2.05) is 0 Å². The SMILES string of the molecule is CC(C)CCC(NC(=O)C(F)(F)F)C(=O)C(O)[C@@H](N)CC(=O)O. The number of carbonyl (C=O) groups is 3. The van der Waals surface area contributed by atoms with Crippen LogP contribution in [0, 0.1) is 5.92 Å². The van der Waals surface area contributed by atoms with Gasteiger partial charge in [-0.3, -0.25) is 14.4 Å². The molecule has 0 aromatic carbocycles. The minimum absolute atomic E-state index is 0.0397. The summed E-state index contributed by atoms with van der Waals surface area (Å²) in [5, 5.41) is 19.8. The lowest BCUT2D eigenvalue weighted by Gasteiger charge is -2.24. The summed E-state index contributed by atoms with van der Waals surface area (Å²) < 4.78 is 36.9. The quantitative estimate of drug-likeness (QED) is 0.474. The van der Waals surface area contributed by atoms with E-state index in [2.05, 4.69) is 0 Å². The zero-order chi connectivity index (χ0) is 18.4. The molecule has 23 heavy (non-hydrogen) atoms. The predicted octanol–water partition coefficient (Wildman–Crippen LogP) is 0.202. The number of aliphatic hydroxyl groups is 1. The molecule has 0 aromatic heterocycles. The number of amides is 1. The number of carboxylic acids is 1. The van der Waals surface area contributed by atoms with Crippen LogP contribution in [0.4, 0.5) is 13.2 Å². The maximum atomic E-state index is 12.3. The highest BCUT2D eigenvalue weighted by Gasteiger charge is 2.42. The Morgan fingerprint density at radius 1 is 1.17 bits per heavy atom. The van der Waals surface area contributed by atoms with E-state index in [9.17, 15) is 32.7 Å². The van der Waals surface area contributed by atoms with Crippen LogP contribution in [0.3, 0.4) is 0 Å². The van der Waals surface area contributed by atoms with Crippen LogP contribution in [-0.4, -0.2) is 52.2 Å². The molecule has 1 amide bonds. The summed E-state index contributed by atoms with van der Waals surface area (Å²) in [5.74, 6) is -4.78. The van der Waals surface area contributed by atoms with Gasteiger partial charge in [0.05, 0.1) is 12.5 Å². The Kier molecular flexibility index (Phi) is 8.18. The second-order valence-electron chi connectivity index (χ2n) is 5.60. The molecule has 134 valence electrons. The minimum Gasteiger partial charge on any atom is -0.481 e. The molecule has 7 nitrogen and oxygen atoms in total. The first-order chi connectivity index (χ1) is 10.4. The Morgan fingerprint density at radius 2 is 1.70 bits per heavy atom. The summed E-state index contributed by atoms with van der Waals surface area (Å²) in [6.07, 6.45) is -7.72. The van der Waals surface area contributed by atoms with Crippen molar-refractivity contribution >= 4 is 17.7 Å². The van der Waals surface area contributed by atoms with Gasteiger partial charge in [-0.2, -0.15) is 13.2 Å². The van der Waals surface area contributed by atoms with Crippen molar-refractivity contribution < 1.29 is 37.8 Å². The zero-order valence-electron chi connectivity index (χ0n) is 12.8. The van der Waals surface area contributed by atoms with Crippen molar-refractivity contribution in [3.63, 3.8) is 0 Å². The third-order valence-electron chi connectivity index (χ3n) is 3.05. The molecule has 5 N–H and O–H groups in total. The number of hydrogen-bond donors (Lipinski definition) is 4. The van der Waals surface area contributed by atoms with Crippen LogP contribution in [0.25, 0.3) is 0 Å². The smallest absolute Gasteiger partial charge is 0.471 e. The summed E-state index contributed by atoms with van der Waals surface area (Å²) >= 11 is 0. The van der Waals surface area contributed by atoms with Crippen LogP contribution in [0.2, 0.25) is 0 Å². The average Bonchev–Trinajstić information content (AvgIpc) is 2.39. The molecule has 0 aliphatic carbocycles. The van der Waals surface area contributed by atoms with E-state index in [-0.39, 0.29) is 12.3 Å². The Labute approximate surface area is 131 Å². The number of nitrogens with one attached hydrogen (secondary N) is 1. The maximum Gasteiger partial charge on any atom is 0.471 e. The van der Waals surface area contributed by atoms with Gasteiger partial charge in [-0.15, -0.1) is 0 Å². The summed E-state index contributed by atoms with van der Waals surface area (Å²) in [7, 11) is 0. The highest BCUT2D eigenvalue weighted by molar-refractivity contribution is 5.93. The number of Topliss-reactive ketones (excluding diaryl/α,β-unsaturated/α-hetero) is 1. The van der Waals surface area contributed by atoms with E-state index in [0.717, 1.165) is 0 Å².